The first-order valence-electron chi connectivity index (χ1n) is 9.10. The summed E-state index contributed by atoms with van der Waals surface area (Å²) in [6.07, 6.45) is 1.51. The Labute approximate surface area is 169 Å². The average Bonchev–Trinajstić information content (AvgIpc) is 2.96. The topological polar surface area (TPSA) is 77.1 Å². The van der Waals surface area contributed by atoms with Crippen molar-refractivity contribution in [3.05, 3.63) is 53.6 Å². The number of carbonyl (C=O) groups is 2. The number of benzene rings is 2. The van der Waals surface area contributed by atoms with E-state index in [1.54, 1.807) is 36.4 Å². The number of amides is 2. The number of hydrogen-bond donors (Lipinski definition) is 1. The second-order valence-corrected chi connectivity index (χ2v) is 7.44. The van der Waals surface area contributed by atoms with E-state index in [0.717, 1.165) is 0 Å². The van der Waals surface area contributed by atoms with E-state index >= 15 is 0 Å². The van der Waals surface area contributed by atoms with Crippen molar-refractivity contribution in [1.29, 1.82) is 0 Å². The van der Waals surface area contributed by atoms with Gasteiger partial charge in [-0.15, -0.1) is 0 Å². The Morgan fingerprint density at radius 3 is 2.07 bits per heavy atom. The summed E-state index contributed by atoms with van der Waals surface area (Å²) in [7, 11) is 3.04. The van der Waals surface area contributed by atoms with Gasteiger partial charge in [-0.2, -0.15) is 0 Å². The van der Waals surface area contributed by atoms with Crippen molar-refractivity contribution in [2.24, 2.45) is 0 Å². The normalized spacial score (nSPS) is 15.5. The smallest absolute Gasteiger partial charge is 0.282 e. The number of methoxy groups -OCH3 is 2. The van der Waals surface area contributed by atoms with Crippen LogP contribution in [0.15, 0.2) is 48.0 Å². The molecule has 0 bridgehead atoms. The predicted octanol–water partition coefficient (Wildman–Crippen LogP) is 3.34. The Kier molecular flexibility index (Phi) is 5.50. The van der Waals surface area contributed by atoms with Crippen molar-refractivity contribution in [3.63, 3.8) is 0 Å². The number of hydrazine groups is 1. The number of para-hydroxylation sites is 1. The van der Waals surface area contributed by atoms with Gasteiger partial charge in [0.2, 0.25) is 5.75 Å². The second-order valence-electron chi connectivity index (χ2n) is 7.44. The number of hydrogen-bond acceptors (Lipinski definition) is 5. The third kappa shape index (κ3) is 4.34. The molecule has 2 aromatic carbocycles. The molecule has 152 valence electrons. The number of nitrogens with one attached hydrogen (secondary N) is 1. The van der Waals surface area contributed by atoms with E-state index in [1.807, 2.05) is 26.8 Å². The lowest BCUT2D eigenvalue weighted by Crippen LogP contribution is -2.35. The summed E-state index contributed by atoms with van der Waals surface area (Å²) in [6.45, 7) is 5.75. The van der Waals surface area contributed by atoms with E-state index in [-0.39, 0.29) is 5.57 Å². The fourth-order valence-corrected chi connectivity index (χ4v) is 2.87. The van der Waals surface area contributed by atoms with Crippen molar-refractivity contribution >= 4 is 23.6 Å². The number of nitrogens with zero attached hydrogens (tertiary/aromatic N) is 1. The van der Waals surface area contributed by atoms with Crippen LogP contribution >= 0.6 is 0 Å². The molecule has 1 aliphatic rings. The molecule has 0 atom stereocenters. The Bertz CT molecular complexity index is 936. The first-order chi connectivity index (χ1) is 13.7. The molecule has 1 heterocycles. The molecule has 2 amide bonds. The van der Waals surface area contributed by atoms with Crippen LogP contribution in [-0.4, -0.2) is 31.6 Å². The predicted molar refractivity (Wildman–Crippen MR) is 110 cm³/mol. The molecule has 7 nitrogen and oxygen atoms in total. The minimum absolute atomic E-state index is 0.0162. The van der Waals surface area contributed by atoms with Gasteiger partial charge < -0.3 is 14.2 Å². The Hall–Kier alpha value is -3.48. The molecule has 7 heteroatoms. The molecular weight excluding hydrogens is 372 g/mol. The van der Waals surface area contributed by atoms with E-state index in [1.165, 1.54) is 25.3 Å². The summed E-state index contributed by atoms with van der Waals surface area (Å²) in [6, 6.07) is 12.3. The number of ether oxygens (including phenoxy) is 3. The van der Waals surface area contributed by atoms with E-state index in [0.29, 0.717) is 28.5 Å². The van der Waals surface area contributed by atoms with Crippen molar-refractivity contribution < 1.29 is 23.8 Å². The highest BCUT2D eigenvalue weighted by atomic mass is 16.5. The quantitative estimate of drug-likeness (QED) is 0.620. The van der Waals surface area contributed by atoms with Crippen molar-refractivity contribution in [3.8, 4) is 17.2 Å². The molecular formula is C22H24N2O5. The van der Waals surface area contributed by atoms with E-state index in [4.69, 9.17) is 14.2 Å². The van der Waals surface area contributed by atoms with Gasteiger partial charge in [0.1, 0.15) is 11.2 Å². The summed E-state index contributed by atoms with van der Waals surface area (Å²) >= 11 is 0. The van der Waals surface area contributed by atoms with E-state index < -0.39 is 17.4 Å². The first-order valence-corrected chi connectivity index (χ1v) is 9.10. The van der Waals surface area contributed by atoms with Gasteiger partial charge in [-0.25, -0.2) is 5.01 Å². The molecule has 2 aromatic rings. The van der Waals surface area contributed by atoms with Crippen LogP contribution in [0.3, 0.4) is 0 Å². The Morgan fingerprint density at radius 1 is 0.966 bits per heavy atom. The number of carbonyl (C=O) groups excluding carboxylic acids is 2. The summed E-state index contributed by atoms with van der Waals surface area (Å²) < 4.78 is 16.9. The Balaban J connectivity index is 1.99. The molecule has 1 aliphatic heterocycles. The largest absolute Gasteiger partial charge is 0.493 e. The number of rotatable bonds is 5. The van der Waals surface area contributed by atoms with Crippen LogP contribution in [0.1, 0.15) is 26.3 Å². The van der Waals surface area contributed by atoms with Gasteiger partial charge in [0.15, 0.2) is 11.5 Å². The van der Waals surface area contributed by atoms with Gasteiger partial charge in [0.25, 0.3) is 11.8 Å². The zero-order chi connectivity index (χ0) is 21.2. The maximum atomic E-state index is 12.8. The second kappa shape index (κ2) is 7.87. The molecule has 3 rings (SSSR count). The minimum atomic E-state index is -0.480. The molecule has 1 saturated heterocycles. The lowest BCUT2D eigenvalue weighted by molar-refractivity contribution is -0.117. The molecule has 0 aliphatic carbocycles. The molecule has 29 heavy (non-hydrogen) atoms. The van der Waals surface area contributed by atoms with Crippen LogP contribution in [0.4, 0.5) is 5.69 Å². The fourth-order valence-electron chi connectivity index (χ4n) is 2.87. The third-order valence-electron chi connectivity index (χ3n) is 4.11. The summed E-state index contributed by atoms with van der Waals surface area (Å²) in [4.78, 5) is 25.2. The molecule has 0 spiro atoms. The average molecular weight is 396 g/mol. The molecule has 1 N–H and O–H groups in total. The van der Waals surface area contributed by atoms with Crippen LogP contribution < -0.4 is 24.6 Å². The zero-order valence-corrected chi connectivity index (χ0v) is 17.1. The van der Waals surface area contributed by atoms with Crippen LogP contribution in [0.2, 0.25) is 0 Å². The maximum absolute atomic E-state index is 12.8. The first kappa shape index (κ1) is 20.3. The molecule has 0 saturated carbocycles. The van der Waals surface area contributed by atoms with Crippen molar-refractivity contribution in [1.82, 2.24) is 5.43 Å². The van der Waals surface area contributed by atoms with Gasteiger partial charge in [0, 0.05) is 0 Å². The minimum Gasteiger partial charge on any atom is -0.493 e. The highest BCUT2D eigenvalue weighted by Crippen LogP contribution is 2.41. The van der Waals surface area contributed by atoms with Gasteiger partial charge in [-0.1, -0.05) is 18.2 Å². The number of anilines is 1. The highest BCUT2D eigenvalue weighted by molar-refractivity contribution is 6.31. The summed E-state index contributed by atoms with van der Waals surface area (Å²) in [5, 5.41) is 1.22. The van der Waals surface area contributed by atoms with Crippen LogP contribution in [-0.2, 0) is 9.59 Å². The zero-order valence-electron chi connectivity index (χ0n) is 17.1. The molecule has 1 fully saturated rings. The van der Waals surface area contributed by atoms with Crippen LogP contribution in [0.25, 0.3) is 6.08 Å². The lowest BCUT2D eigenvalue weighted by atomic mass is 10.1. The summed E-state index contributed by atoms with van der Waals surface area (Å²) in [5.74, 6) is 0.424. The van der Waals surface area contributed by atoms with Crippen molar-refractivity contribution in [2.45, 2.75) is 26.4 Å². The molecule has 0 aromatic heterocycles. The summed E-state index contributed by atoms with van der Waals surface area (Å²) in [5.41, 5.74) is 3.29. The van der Waals surface area contributed by atoms with Crippen LogP contribution in [0, 0.1) is 0 Å². The maximum Gasteiger partial charge on any atom is 0.282 e. The van der Waals surface area contributed by atoms with Gasteiger partial charge in [-0.3, -0.25) is 15.0 Å². The SMILES string of the molecule is COc1cc(/C=C2/C(=O)NN(c3ccccc3)C2=O)cc(OC)c1OC(C)(C)C. The monoisotopic (exact) mass is 396 g/mol. The van der Waals surface area contributed by atoms with Gasteiger partial charge >= 0.3 is 0 Å². The van der Waals surface area contributed by atoms with Gasteiger partial charge in [0.05, 0.1) is 19.9 Å². The van der Waals surface area contributed by atoms with Gasteiger partial charge in [-0.05, 0) is 56.7 Å². The molecule has 0 radical (unpaired) electrons. The molecule has 0 unspecified atom stereocenters. The lowest BCUT2D eigenvalue weighted by Gasteiger charge is -2.24. The van der Waals surface area contributed by atoms with E-state index in [9.17, 15) is 9.59 Å². The van der Waals surface area contributed by atoms with Crippen LogP contribution in [0.5, 0.6) is 17.2 Å². The standard InChI is InChI=1S/C22H24N2O5/c1-22(2,3)29-19-17(27-4)12-14(13-18(19)28-5)11-16-20(25)23-24(21(16)26)15-9-7-6-8-10-15/h6-13H,1-5H3,(H,23,25)/b16-11-. The Morgan fingerprint density at radius 2 is 1.55 bits per heavy atom. The third-order valence-corrected chi connectivity index (χ3v) is 4.11. The van der Waals surface area contributed by atoms with E-state index in [2.05, 4.69) is 5.43 Å². The van der Waals surface area contributed by atoms with Crippen molar-refractivity contribution in [2.75, 3.05) is 19.2 Å². The highest BCUT2D eigenvalue weighted by Gasteiger charge is 2.34. The fraction of sp³-hybridized carbons (Fsp3) is 0.273.